The normalized spacial score (nSPS) is 20.3. The zero-order valence-electron chi connectivity index (χ0n) is 43.5. The molecule has 0 saturated carbocycles. The van der Waals surface area contributed by atoms with Crippen molar-refractivity contribution < 1.29 is 49.3 Å². The van der Waals surface area contributed by atoms with E-state index in [4.69, 9.17) is 14.2 Å². The second kappa shape index (κ2) is 45.7. The number of carbonyl (C=O) groups is 2. The Morgan fingerprint density at radius 1 is 0.588 bits per heavy atom. The van der Waals surface area contributed by atoms with Crippen molar-refractivity contribution in [1.82, 2.24) is 5.32 Å². The molecule has 0 aromatic rings. The number of amides is 1. The van der Waals surface area contributed by atoms with Crippen LogP contribution in [-0.4, -0.2) is 99.6 Å². The highest BCUT2D eigenvalue weighted by molar-refractivity contribution is 5.80. The molecule has 6 N–H and O–H groups in total. The summed E-state index contributed by atoms with van der Waals surface area (Å²) in [4.78, 5) is 26.4. The first-order chi connectivity index (χ1) is 33.2. The summed E-state index contributed by atoms with van der Waals surface area (Å²) >= 11 is 0. The summed E-state index contributed by atoms with van der Waals surface area (Å²) in [5.74, 6) is -1.22. The molecule has 1 saturated heterocycles. The number of allylic oxidation sites excluding steroid dienone is 7. The summed E-state index contributed by atoms with van der Waals surface area (Å²) in [6.07, 6.45) is 43.0. The fourth-order valence-electron chi connectivity index (χ4n) is 8.55. The van der Waals surface area contributed by atoms with Crippen LogP contribution in [0.4, 0.5) is 0 Å². The van der Waals surface area contributed by atoms with Gasteiger partial charge in [-0.1, -0.05) is 223 Å². The SMILES string of the molecule is CC/C=C/C/C=C/C/C=C/CCCCCCC(=O)OC1C(OCC(NC(=O)C(O)CCCCCCCCCCCCCCCC)C(O)/C=C/CCCCCCCCCCC)OC(CO)C(O)C1O. The predicted octanol–water partition coefficient (Wildman–Crippen LogP) is 12.1. The van der Waals surface area contributed by atoms with Gasteiger partial charge in [0.15, 0.2) is 12.4 Å². The molecule has 0 aliphatic carbocycles. The van der Waals surface area contributed by atoms with Crippen molar-refractivity contribution in [2.24, 2.45) is 0 Å². The van der Waals surface area contributed by atoms with Crippen molar-refractivity contribution in [2.45, 2.75) is 288 Å². The monoisotopic (exact) mass is 962 g/mol. The molecule has 1 heterocycles. The lowest BCUT2D eigenvalue weighted by molar-refractivity contribution is -0.305. The Morgan fingerprint density at radius 2 is 1.06 bits per heavy atom. The van der Waals surface area contributed by atoms with Gasteiger partial charge in [0.2, 0.25) is 5.91 Å². The minimum absolute atomic E-state index is 0.0981. The van der Waals surface area contributed by atoms with Crippen LogP contribution in [0.25, 0.3) is 0 Å². The number of hydrogen-bond acceptors (Lipinski definition) is 10. The van der Waals surface area contributed by atoms with Crippen LogP contribution < -0.4 is 5.32 Å². The van der Waals surface area contributed by atoms with Crippen molar-refractivity contribution in [2.75, 3.05) is 13.2 Å². The van der Waals surface area contributed by atoms with Crippen LogP contribution in [0.1, 0.15) is 239 Å². The summed E-state index contributed by atoms with van der Waals surface area (Å²) < 4.78 is 17.5. The van der Waals surface area contributed by atoms with Gasteiger partial charge in [-0.05, 0) is 57.8 Å². The topological polar surface area (TPSA) is 175 Å². The van der Waals surface area contributed by atoms with Crippen molar-refractivity contribution in [3.05, 3.63) is 48.6 Å². The molecule has 1 rings (SSSR count). The first-order valence-electron chi connectivity index (χ1n) is 27.9. The Bertz CT molecular complexity index is 1290. The fourth-order valence-corrected chi connectivity index (χ4v) is 8.55. The summed E-state index contributed by atoms with van der Waals surface area (Å²) in [6, 6.07) is -1.02. The first kappa shape index (κ1) is 63.6. The number of aliphatic hydroxyl groups is 5. The van der Waals surface area contributed by atoms with Crippen LogP contribution in [0.5, 0.6) is 0 Å². The highest BCUT2D eigenvalue weighted by Crippen LogP contribution is 2.26. The van der Waals surface area contributed by atoms with Gasteiger partial charge in [0, 0.05) is 6.42 Å². The second-order valence-electron chi connectivity index (χ2n) is 19.3. The number of hydrogen-bond donors (Lipinski definition) is 6. The lowest BCUT2D eigenvalue weighted by Crippen LogP contribution is -2.61. The van der Waals surface area contributed by atoms with E-state index in [1.54, 1.807) is 6.08 Å². The maximum absolute atomic E-state index is 13.3. The minimum Gasteiger partial charge on any atom is -0.454 e. The molecule has 8 atom stereocenters. The molecule has 396 valence electrons. The minimum atomic E-state index is -1.62. The number of rotatable bonds is 46. The summed E-state index contributed by atoms with van der Waals surface area (Å²) in [5, 5.41) is 56.7. The van der Waals surface area contributed by atoms with Crippen LogP contribution in [0.2, 0.25) is 0 Å². The third kappa shape index (κ3) is 34.0. The molecule has 0 bridgehead atoms. The van der Waals surface area contributed by atoms with Gasteiger partial charge >= 0.3 is 5.97 Å². The fraction of sp³-hybridized carbons (Fsp3) is 0.825. The molecule has 1 fully saturated rings. The number of aliphatic hydroxyl groups excluding tert-OH is 5. The smallest absolute Gasteiger partial charge is 0.306 e. The van der Waals surface area contributed by atoms with Gasteiger partial charge in [0.1, 0.15) is 24.4 Å². The molecule has 11 heteroatoms. The van der Waals surface area contributed by atoms with Crippen LogP contribution >= 0.6 is 0 Å². The molecule has 0 aromatic carbocycles. The Kier molecular flexibility index (Phi) is 42.8. The third-order valence-corrected chi connectivity index (χ3v) is 13.0. The zero-order chi connectivity index (χ0) is 49.7. The van der Waals surface area contributed by atoms with Crippen molar-refractivity contribution in [3.63, 3.8) is 0 Å². The highest BCUT2D eigenvalue weighted by atomic mass is 16.7. The van der Waals surface area contributed by atoms with Crippen LogP contribution in [0, 0.1) is 0 Å². The second-order valence-corrected chi connectivity index (χ2v) is 19.3. The van der Waals surface area contributed by atoms with E-state index in [-0.39, 0.29) is 13.0 Å². The van der Waals surface area contributed by atoms with Gasteiger partial charge in [0.25, 0.3) is 0 Å². The van der Waals surface area contributed by atoms with E-state index in [1.807, 2.05) is 6.08 Å². The van der Waals surface area contributed by atoms with E-state index in [9.17, 15) is 35.1 Å². The number of ether oxygens (including phenoxy) is 3. The van der Waals surface area contributed by atoms with Crippen molar-refractivity contribution >= 4 is 11.9 Å². The van der Waals surface area contributed by atoms with Gasteiger partial charge in [-0.15, -0.1) is 0 Å². The molecule has 0 radical (unpaired) electrons. The maximum atomic E-state index is 13.3. The standard InChI is InChI=1S/C57H103NO10/c1-4-7-10-13-16-19-22-24-26-29-32-35-38-41-44-50(61)56(65)58-48(49(60)43-40-37-34-31-28-21-18-15-12-9-6-3)47-66-57-55(54(64)53(63)51(46-59)67-57)68-52(62)45-42-39-36-33-30-27-25-23-20-17-14-11-8-5-2/h8,11,17,20,25,27,40,43,48-51,53-55,57,59-61,63-64H,4-7,9-10,12-16,18-19,21-24,26,28-39,41-42,44-47H2,1-3H3,(H,58,65)/b11-8+,20-17+,27-25+,43-40+. The van der Waals surface area contributed by atoms with E-state index >= 15 is 0 Å². The molecule has 8 unspecified atom stereocenters. The van der Waals surface area contributed by atoms with E-state index < -0.39 is 67.4 Å². The Labute approximate surface area is 415 Å². The average molecular weight is 962 g/mol. The molecule has 1 aliphatic heterocycles. The summed E-state index contributed by atoms with van der Waals surface area (Å²) in [7, 11) is 0. The molecule has 68 heavy (non-hydrogen) atoms. The molecule has 1 amide bonds. The van der Waals surface area contributed by atoms with Crippen molar-refractivity contribution in [1.29, 1.82) is 0 Å². The summed E-state index contributed by atoms with van der Waals surface area (Å²) in [5.41, 5.74) is 0. The van der Waals surface area contributed by atoms with E-state index in [1.165, 1.54) is 109 Å². The molecule has 11 nitrogen and oxygen atoms in total. The van der Waals surface area contributed by atoms with Gasteiger partial charge in [-0.3, -0.25) is 9.59 Å². The molecular formula is C57H103NO10. The average Bonchev–Trinajstić information content (AvgIpc) is 3.33. The third-order valence-electron chi connectivity index (χ3n) is 13.0. The quantitative estimate of drug-likeness (QED) is 0.0196. The van der Waals surface area contributed by atoms with Crippen LogP contribution in [-0.2, 0) is 23.8 Å². The first-order valence-corrected chi connectivity index (χ1v) is 27.9. The molecule has 1 aliphatic rings. The van der Waals surface area contributed by atoms with E-state index in [0.29, 0.717) is 19.3 Å². The molecule has 0 spiro atoms. The Balaban J connectivity index is 2.75. The maximum Gasteiger partial charge on any atom is 0.306 e. The number of esters is 1. The lowest BCUT2D eigenvalue weighted by Gasteiger charge is -2.41. The van der Waals surface area contributed by atoms with Crippen LogP contribution in [0.3, 0.4) is 0 Å². The number of unbranched alkanes of at least 4 members (excludes halogenated alkanes) is 26. The van der Waals surface area contributed by atoms with Gasteiger partial charge < -0.3 is 45.1 Å². The predicted molar refractivity (Wildman–Crippen MR) is 278 cm³/mol. The van der Waals surface area contributed by atoms with E-state index in [2.05, 4.69) is 62.5 Å². The Hall–Kier alpha value is -2.38. The van der Waals surface area contributed by atoms with Gasteiger partial charge in [-0.25, -0.2) is 0 Å². The van der Waals surface area contributed by atoms with Gasteiger partial charge in [-0.2, -0.15) is 0 Å². The van der Waals surface area contributed by atoms with Crippen LogP contribution in [0.15, 0.2) is 48.6 Å². The molecular weight excluding hydrogens is 859 g/mol. The van der Waals surface area contributed by atoms with Crippen molar-refractivity contribution in [3.8, 4) is 0 Å². The largest absolute Gasteiger partial charge is 0.454 e. The lowest BCUT2D eigenvalue weighted by atomic mass is 9.99. The molecule has 0 aromatic heterocycles. The van der Waals surface area contributed by atoms with E-state index in [0.717, 1.165) is 83.5 Å². The zero-order valence-corrected chi connectivity index (χ0v) is 43.5. The Morgan fingerprint density at radius 3 is 1.59 bits per heavy atom. The summed E-state index contributed by atoms with van der Waals surface area (Å²) in [6.45, 7) is 5.64. The number of nitrogens with one attached hydrogen (secondary N) is 1. The highest BCUT2D eigenvalue weighted by Gasteiger charge is 2.47. The van der Waals surface area contributed by atoms with Gasteiger partial charge in [0.05, 0.1) is 25.4 Å². The number of carbonyl (C=O) groups excluding carboxylic acids is 2.